The van der Waals surface area contributed by atoms with Gasteiger partial charge in [0.25, 0.3) is 5.91 Å². The molecule has 132 valence electrons. The molecule has 5 heteroatoms. The maximum atomic E-state index is 12.5. The second kappa shape index (κ2) is 9.30. The number of carbonyl (C=O) groups excluding carboxylic acids is 2. The van der Waals surface area contributed by atoms with Gasteiger partial charge in [-0.2, -0.15) is 0 Å². The molecule has 0 aromatic heterocycles. The molecule has 24 heavy (non-hydrogen) atoms. The van der Waals surface area contributed by atoms with Crippen molar-refractivity contribution >= 4 is 11.8 Å². The number of carbonyl (C=O) groups is 2. The summed E-state index contributed by atoms with van der Waals surface area (Å²) in [5.41, 5.74) is 0.684. The molecule has 5 nitrogen and oxygen atoms in total. The van der Waals surface area contributed by atoms with Crippen LogP contribution in [-0.2, 0) is 4.79 Å². The molecule has 1 aromatic carbocycles. The van der Waals surface area contributed by atoms with Gasteiger partial charge in [0.2, 0.25) is 5.91 Å². The highest BCUT2D eigenvalue weighted by atomic mass is 16.5. The van der Waals surface area contributed by atoms with E-state index in [1.165, 1.54) is 0 Å². The number of amides is 2. The number of rotatable bonds is 7. The van der Waals surface area contributed by atoms with Crippen molar-refractivity contribution in [1.82, 2.24) is 10.2 Å². The van der Waals surface area contributed by atoms with E-state index in [2.05, 4.69) is 12.2 Å². The highest BCUT2D eigenvalue weighted by molar-refractivity contribution is 5.94. The maximum Gasteiger partial charge on any atom is 0.253 e. The van der Waals surface area contributed by atoms with Crippen LogP contribution >= 0.6 is 0 Å². The summed E-state index contributed by atoms with van der Waals surface area (Å²) in [4.78, 5) is 26.2. The molecule has 1 heterocycles. The van der Waals surface area contributed by atoms with Crippen LogP contribution in [0.2, 0.25) is 0 Å². The molecule has 1 saturated heterocycles. The molecule has 1 fully saturated rings. The predicted octanol–water partition coefficient (Wildman–Crippen LogP) is 3.00. The summed E-state index contributed by atoms with van der Waals surface area (Å²) < 4.78 is 5.40. The van der Waals surface area contributed by atoms with E-state index in [1.54, 1.807) is 0 Å². The Labute approximate surface area is 144 Å². The number of ether oxygens (including phenoxy) is 1. The van der Waals surface area contributed by atoms with Crippen molar-refractivity contribution in [2.75, 3.05) is 19.7 Å². The van der Waals surface area contributed by atoms with Gasteiger partial charge in [0.15, 0.2) is 0 Å². The minimum absolute atomic E-state index is 0.0498. The fraction of sp³-hybridized carbons (Fsp3) is 0.579. The van der Waals surface area contributed by atoms with Gasteiger partial charge in [-0.3, -0.25) is 9.59 Å². The van der Waals surface area contributed by atoms with Crippen LogP contribution in [0.4, 0.5) is 0 Å². The molecule has 1 aromatic rings. The molecule has 0 unspecified atom stereocenters. The third-order valence-corrected chi connectivity index (χ3v) is 4.32. The number of nitrogens with zero attached hydrogens (tertiary/aromatic N) is 1. The molecule has 2 amide bonds. The highest BCUT2D eigenvalue weighted by Crippen LogP contribution is 2.17. The van der Waals surface area contributed by atoms with Crippen LogP contribution < -0.4 is 10.1 Å². The van der Waals surface area contributed by atoms with Crippen molar-refractivity contribution in [3.63, 3.8) is 0 Å². The number of hydrogen-bond donors (Lipinski definition) is 1. The summed E-state index contributed by atoms with van der Waals surface area (Å²) in [6, 6.07) is 7.48. The van der Waals surface area contributed by atoms with Crippen LogP contribution in [0.5, 0.6) is 5.75 Å². The molecule has 1 aliphatic heterocycles. The smallest absolute Gasteiger partial charge is 0.253 e. The van der Waals surface area contributed by atoms with Gasteiger partial charge in [0.1, 0.15) is 5.75 Å². The van der Waals surface area contributed by atoms with E-state index in [0.717, 1.165) is 31.4 Å². The summed E-state index contributed by atoms with van der Waals surface area (Å²) in [7, 11) is 0. The molecule has 0 spiro atoms. The second-order valence-corrected chi connectivity index (χ2v) is 6.19. The Morgan fingerprint density at radius 3 is 2.42 bits per heavy atom. The molecule has 0 bridgehead atoms. The first-order valence-electron chi connectivity index (χ1n) is 8.95. The molecule has 0 aliphatic carbocycles. The number of benzene rings is 1. The first kappa shape index (κ1) is 18.3. The van der Waals surface area contributed by atoms with E-state index >= 15 is 0 Å². The molecule has 1 N–H and O–H groups in total. The molecule has 1 aliphatic rings. The fourth-order valence-electron chi connectivity index (χ4n) is 2.91. The number of likely N-dealkylation sites (tertiary alicyclic amines) is 1. The van der Waals surface area contributed by atoms with E-state index in [1.807, 2.05) is 36.1 Å². The molecule has 0 saturated carbocycles. The zero-order chi connectivity index (χ0) is 17.4. The Morgan fingerprint density at radius 2 is 1.83 bits per heavy atom. The molecule has 0 radical (unpaired) electrons. The second-order valence-electron chi connectivity index (χ2n) is 6.19. The van der Waals surface area contributed by atoms with Gasteiger partial charge in [0.05, 0.1) is 6.61 Å². The van der Waals surface area contributed by atoms with Crippen molar-refractivity contribution in [3.8, 4) is 5.75 Å². The van der Waals surface area contributed by atoms with Gasteiger partial charge >= 0.3 is 0 Å². The standard InChI is InChI=1S/C19H28N2O3/c1-3-5-6-18(22)20-16-11-13-21(14-12-16)19(23)15-7-9-17(10-8-15)24-4-2/h7-10,16H,3-6,11-14H2,1-2H3,(H,20,22). The summed E-state index contributed by atoms with van der Waals surface area (Å²) in [5, 5.41) is 3.08. The lowest BCUT2D eigenvalue weighted by Crippen LogP contribution is -2.46. The Balaban J connectivity index is 1.80. The first-order valence-corrected chi connectivity index (χ1v) is 8.95. The van der Waals surface area contributed by atoms with Crippen LogP contribution in [-0.4, -0.2) is 42.5 Å². The number of nitrogens with one attached hydrogen (secondary N) is 1. The van der Waals surface area contributed by atoms with Crippen LogP contribution in [0.15, 0.2) is 24.3 Å². The minimum Gasteiger partial charge on any atom is -0.494 e. The Morgan fingerprint density at radius 1 is 1.17 bits per heavy atom. The quantitative estimate of drug-likeness (QED) is 0.835. The average molecular weight is 332 g/mol. The average Bonchev–Trinajstić information content (AvgIpc) is 2.61. The summed E-state index contributed by atoms with van der Waals surface area (Å²) >= 11 is 0. The minimum atomic E-state index is 0.0498. The maximum absolute atomic E-state index is 12.5. The number of unbranched alkanes of at least 4 members (excludes halogenated alkanes) is 1. The lowest BCUT2D eigenvalue weighted by Gasteiger charge is -2.32. The van der Waals surface area contributed by atoms with Crippen molar-refractivity contribution < 1.29 is 14.3 Å². The Hall–Kier alpha value is -2.04. The van der Waals surface area contributed by atoms with Crippen molar-refractivity contribution in [2.24, 2.45) is 0 Å². The lowest BCUT2D eigenvalue weighted by atomic mass is 10.0. The van der Waals surface area contributed by atoms with Crippen molar-refractivity contribution in [2.45, 2.75) is 52.0 Å². The molecular weight excluding hydrogens is 304 g/mol. The normalized spacial score (nSPS) is 15.2. The monoisotopic (exact) mass is 332 g/mol. The van der Waals surface area contributed by atoms with Crippen LogP contribution in [0.1, 0.15) is 56.3 Å². The zero-order valence-corrected chi connectivity index (χ0v) is 14.7. The van der Waals surface area contributed by atoms with Gasteiger partial charge in [-0.15, -0.1) is 0 Å². The van der Waals surface area contributed by atoms with Gasteiger partial charge in [-0.1, -0.05) is 13.3 Å². The predicted molar refractivity (Wildman–Crippen MR) is 94.2 cm³/mol. The van der Waals surface area contributed by atoms with E-state index < -0.39 is 0 Å². The number of hydrogen-bond acceptors (Lipinski definition) is 3. The van der Waals surface area contributed by atoms with Gasteiger partial charge in [-0.25, -0.2) is 0 Å². The summed E-state index contributed by atoms with van der Waals surface area (Å²) in [6.07, 6.45) is 4.20. The fourth-order valence-corrected chi connectivity index (χ4v) is 2.91. The number of piperidine rings is 1. The van der Waals surface area contributed by atoms with E-state index in [9.17, 15) is 9.59 Å². The van der Waals surface area contributed by atoms with E-state index in [0.29, 0.717) is 31.7 Å². The SMILES string of the molecule is CCCCC(=O)NC1CCN(C(=O)c2ccc(OCC)cc2)CC1. The van der Waals surface area contributed by atoms with E-state index in [4.69, 9.17) is 4.74 Å². The first-order chi connectivity index (χ1) is 11.6. The van der Waals surface area contributed by atoms with Crippen molar-refractivity contribution in [1.29, 1.82) is 0 Å². The van der Waals surface area contributed by atoms with Crippen LogP contribution in [0, 0.1) is 0 Å². The van der Waals surface area contributed by atoms with Crippen LogP contribution in [0.25, 0.3) is 0 Å². The summed E-state index contributed by atoms with van der Waals surface area (Å²) in [6.45, 7) is 6.00. The molecule has 0 atom stereocenters. The molecule has 2 rings (SSSR count). The third-order valence-electron chi connectivity index (χ3n) is 4.32. The van der Waals surface area contributed by atoms with E-state index in [-0.39, 0.29) is 17.9 Å². The lowest BCUT2D eigenvalue weighted by molar-refractivity contribution is -0.122. The van der Waals surface area contributed by atoms with Gasteiger partial charge in [-0.05, 0) is 50.5 Å². The van der Waals surface area contributed by atoms with Crippen molar-refractivity contribution in [3.05, 3.63) is 29.8 Å². The van der Waals surface area contributed by atoms with Gasteiger partial charge < -0.3 is 15.0 Å². The topological polar surface area (TPSA) is 58.6 Å². The highest BCUT2D eigenvalue weighted by Gasteiger charge is 2.24. The zero-order valence-electron chi connectivity index (χ0n) is 14.7. The Bertz CT molecular complexity index is 534. The molecular formula is C19H28N2O3. The Kier molecular flexibility index (Phi) is 7.09. The summed E-state index contributed by atoms with van der Waals surface area (Å²) in [5.74, 6) is 0.962. The van der Waals surface area contributed by atoms with Crippen LogP contribution in [0.3, 0.4) is 0 Å². The largest absolute Gasteiger partial charge is 0.494 e. The van der Waals surface area contributed by atoms with Gasteiger partial charge in [0, 0.05) is 31.1 Å². The third kappa shape index (κ3) is 5.25.